The van der Waals surface area contributed by atoms with Crippen molar-refractivity contribution in [2.45, 2.75) is 84.6 Å². The Bertz CT molecular complexity index is 317. The SMILES string of the molecule is CCCCC(N)C12CC3CC(C)(CC(C)(C3)C1)C2. The normalized spacial score (nSPS) is 51.7. The highest BCUT2D eigenvalue weighted by Crippen LogP contribution is 2.70. The lowest BCUT2D eigenvalue weighted by atomic mass is 9.39. The summed E-state index contributed by atoms with van der Waals surface area (Å²) in [6, 6.07) is 0.472. The molecule has 0 spiro atoms. The van der Waals surface area contributed by atoms with E-state index in [0.717, 1.165) is 5.92 Å². The standard InChI is InChI=1S/C17H31N/c1-4-5-6-14(18)17-9-13-7-15(2,11-17)10-16(3,8-13)12-17/h13-14H,4-12,18H2,1-3H3. The topological polar surface area (TPSA) is 26.0 Å². The van der Waals surface area contributed by atoms with E-state index in [1.54, 1.807) is 0 Å². The molecule has 0 aliphatic heterocycles. The molecule has 0 heterocycles. The second kappa shape index (κ2) is 3.98. The second-order valence-electron chi connectivity index (χ2n) is 8.74. The number of hydrogen-bond acceptors (Lipinski definition) is 1. The van der Waals surface area contributed by atoms with E-state index in [0.29, 0.717) is 22.3 Å². The van der Waals surface area contributed by atoms with Crippen molar-refractivity contribution in [3.63, 3.8) is 0 Å². The van der Waals surface area contributed by atoms with Crippen LogP contribution in [0.3, 0.4) is 0 Å². The van der Waals surface area contributed by atoms with Crippen molar-refractivity contribution in [3.05, 3.63) is 0 Å². The predicted octanol–water partition coefficient (Wildman–Crippen LogP) is 4.50. The van der Waals surface area contributed by atoms with Crippen molar-refractivity contribution < 1.29 is 0 Å². The lowest BCUT2D eigenvalue weighted by molar-refractivity contribution is -0.154. The summed E-state index contributed by atoms with van der Waals surface area (Å²) >= 11 is 0. The molecule has 0 aromatic rings. The summed E-state index contributed by atoms with van der Waals surface area (Å²) in [5.74, 6) is 0.990. The molecule has 3 atom stereocenters. The predicted molar refractivity (Wildman–Crippen MR) is 77.3 cm³/mol. The van der Waals surface area contributed by atoms with Crippen LogP contribution < -0.4 is 5.73 Å². The summed E-state index contributed by atoms with van der Waals surface area (Å²) in [7, 11) is 0. The highest BCUT2D eigenvalue weighted by atomic mass is 14.8. The monoisotopic (exact) mass is 249 g/mol. The fourth-order valence-electron chi connectivity index (χ4n) is 6.68. The van der Waals surface area contributed by atoms with Gasteiger partial charge in [-0.1, -0.05) is 33.6 Å². The van der Waals surface area contributed by atoms with Crippen LogP contribution in [0.15, 0.2) is 0 Å². The van der Waals surface area contributed by atoms with Crippen LogP contribution >= 0.6 is 0 Å². The first-order valence-corrected chi connectivity index (χ1v) is 8.14. The van der Waals surface area contributed by atoms with Gasteiger partial charge < -0.3 is 5.73 Å². The molecule has 4 aliphatic rings. The van der Waals surface area contributed by atoms with Crippen LogP contribution in [0.2, 0.25) is 0 Å². The molecule has 1 nitrogen and oxygen atoms in total. The average molecular weight is 249 g/mol. The van der Waals surface area contributed by atoms with Crippen molar-refractivity contribution in [2.24, 2.45) is 27.9 Å². The van der Waals surface area contributed by atoms with Gasteiger partial charge in [-0.3, -0.25) is 0 Å². The summed E-state index contributed by atoms with van der Waals surface area (Å²) in [6.45, 7) is 7.39. The van der Waals surface area contributed by atoms with Crippen LogP contribution in [0.25, 0.3) is 0 Å². The molecule has 4 aliphatic carbocycles. The van der Waals surface area contributed by atoms with Gasteiger partial charge >= 0.3 is 0 Å². The zero-order valence-corrected chi connectivity index (χ0v) is 12.6. The third-order valence-corrected chi connectivity index (χ3v) is 6.32. The summed E-state index contributed by atoms with van der Waals surface area (Å²) < 4.78 is 0. The first kappa shape index (κ1) is 13.0. The van der Waals surface area contributed by atoms with Crippen LogP contribution in [0.1, 0.15) is 78.6 Å². The van der Waals surface area contributed by atoms with Gasteiger partial charge in [-0.05, 0) is 67.1 Å². The Morgan fingerprint density at radius 2 is 1.67 bits per heavy atom. The molecule has 1 heteroatoms. The van der Waals surface area contributed by atoms with Crippen molar-refractivity contribution in [1.29, 1.82) is 0 Å². The Labute approximate surface area is 113 Å². The summed E-state index contributed by atoms with van der Waals surface area (Å²) in [6.07, 6.45) is 12.6. The molecule has 0 radical (unpaired) electrons. The molecule has 4 bridgehead atoms. The molecule has 3 unspecified atom stereocenters. The van der Waals surface area contributed by atoms with Crippen LogP contribution in [0, 0.1) is 22.2 Å². The maximum absolute atomic E-state index is 6.68. The molecule has 18 heavy (non-hydrogen) atoms. The van der Waals surface area contributed by atoms with Gasteiger partial charge in [0.25, 0.3) is 0 Å². The van der Waals surface area contributed by atoms with Gasteiger partial charge in [-0.15, -0.1) is 0 Å². The van der Waals surface area contributed by atoms with E-state index in [-0.39, 0.29) is 0 Å². The Balaban J connectivity index is 1.84. The third kappa shape index (κ3) is 1.94. The average Bonchev–Trinajstić information content (AvgIpc) is 2.20. The largest absolute Gasteiger partial charge is 0.327 e. The highest BCUT2D eigenvalue weighted by Gasteiger charge is 2.61. The maximum Gasteiger partial charge on any atom is 0.00960 e. The van der Waals surface area contributed by atoms with E-state index in [1.807, 2.05) is 0 Å². The molecule has 4 saturated carbocycles. The molecule has 0 aromatic carbocycles. The van der Waals surface area contributed by atoms with Gasteiger partial charge in [-0.2, -0.15) is 0 Å². The first-order valence-electron chi connectivity index (χ1n) is 8.14. The lowest BCUT2D eigenvalue weighted by Crippen LogP contribution is -2.60. The van der Waals surface area contributed by atoms with Crippen LogP contribution in [-0.2, 0) is 0 Å². The highest BCUT2D eigenvalue weighted by molar-refractivity contribution is 5.12. The number of hydrogen-bond donors (Lipinski definition) is 1. The maximum atomic E-state index is 6.68. The summed E-state index contributed by atoms with van der Waals surface area (Å²) in [5, 5.41) is 0. The number of rotatable bonds is 4. The Morgan fingerprint density at radius 1 is 1.06 bits per heavy atom. The fourth-order valence-corrected chi connectivity index (χ4v) is 6.68. The van der Waals surface area contributed by atoms with Crippen LogP contribution in [0.5, 0.6) is 0 Å². The molecule has 0 amide bonds. The molecule has 4 rings (SSSR count). The minimum atomic E-state index is 0.472. The number of unbranched alkanes of at least 4 members (excludes halogenated alkanes) is 1. The second-order valence-corrected chi connectivity index (χ2v) is 8.74. The van der Waals surface area contributed by atoms with Crippen molar-refractivity contribution in [3.8, 4) is 0 Å². The zero-order chi connectivity index (χ0) is 13.0. The quantitative estimate of drug-likeness (QED) is 0.780. The van der Waals surface area contributed by atoms with E-state index in [4.69, 9.17) is 5.73 Å². The Morgan fingerprint density at radius 3 is 2.17 bits per heavy atom. The first-order chi connectivity index (χ1) is 8.39. The van der Waals surface area contributed by atoms with Gasteiger partial charge in [0.05, 0.1) is 0 Å². The van der Waals surface area contributed by atoms with Crippen LogP contribution in [-0.4, -0.2) is 6.04 Å². The molecular weight excluding hydrogens is 218 g/mol. The van der Waals surface area contributed by atoms with Crippen LogP contribution in [0.4, 0.5) is 0 Å². The molecule has 104 valence electrons. The summed E-state index contributed by atoms with van der Waals surface area (Å²) in [4.78, 5) is 0. The van der Waals surface area contributed by atoms with E-state index in [2.05, 4.69) is 20.8 Å². The van der Waals surface area contributed by atoms with E-state index in [1.165, 1.54) is 57.8 Å². The Hall–Kier alpha value is -0.0400. The Kier molecular flexibility index (Phi) is 2.86. The van der Waals surface area contributed by atoms with Gasteiger partial charge in [0, 0.05) is 6.04 Å². The molecule has 0 saturated heterocycles. The molecule has 2 N–H and O–H groups in total. The zero-order valence-electron chi connectivity index (χ0n) is 12.6. The minimum absolute atomic E-state index is 0.472. The van der Waals surface area contributed by atoms with Crippen molar-refractivity contribution in [1.82, 2.24) is 0 Å². The fraction of sp³-hybridized carbons (Fsp3) is 1.00. The third-order valence-electron chi connectivity index (χ3n) is 6.32. The van der Waals surface area contributed by atoms with Gasteiger partial charge in [0.15, 0.2) is 0 Å². The van der Waals surface area contributed by atoms with E-state index in [9.17, 15) is 0 Å². The number of nitrogens with two attached hydrogens (primary N) is 1. The van der Waals surface area contributed by atoms with Crippen molar-refractivity contribution >= 4 is 0 Å². The smallest absolute Gasteiger partial charge is 0.00960 e. The van der Waals surface area contributed by atoms with E-state index >= 15 is 0 Å². The van der Waals surface area contributed by atoms with Gasteiger partial charge in [0.2, 0.25) is 0 Å². The minimum Gasteiger partial charge on any atom is -0.327 e. The molecule has 0 aromatic heterocycles. The summed E-state index contributed by atoms with van der Waals surface area (Å²) in [5.41, 5.74) is 8.43. The van der Waals surface area contributed by atoms with E-state index < -0.39 is 0 Å². The van der Waals surface area contributed by atoms with Crippen molar-refractivity contribution in [2.75, 3.05) is 0 Å². The van der Waals surface area contributed by atoms with Gasteiger partial charge in [0.1, 0.15) is 0 Å². The molecular formula is C17H31N. The molecule has 4 fully saturated rings. The lowest BCUT2D eigenvalue weighted by Gasteiger charge is -2.67. The van der Waals surface area contributed by atoms with Gasteiger partial charge in [-0.25, -0.2) is 0 Å².